The Hall–Kier alpha value is -1.54. The highest BCUT2D eigenvalue weighted by atomic mass is 14.6. The van der Waals surface area contributed by atoms with Gasteiger partial charge in [-0.25, -0.2) is 0 Å². The maximum atomic E-state index is 5.88. The first-order valence-electron chi connectivity index (χ1n) is 6.26. The molecule has 90 valence electrons. The van der Waals surface area contributed by atoms with Crippen molar-refractivity contribution in [2.24, 2.45) is 5.73 Å². The van der Waals surface area contributed by atoms with Crippen LogP contribution in [-0.4, -0.2) is 11.5 Å². The van der Waals surface area contributed by atoms with Crippen molar-refractivity contribution in [3.63, 3.8) is 0 Å². The summed E-state index contributed by atoms with van der Waals surface area (Å²) in [4.78, 5) is 3.09. The van der Waals surface area contributed by atoms with Crippen molar-refractivity contribution in [3.05, 3.63) is 59.4 Å². The Morgan fingerprint density at radius 1 is 1.12 bits per heavy atom. The van der Waals surface area contributed by atoms with Crippen LogP contribution in [0.2, 0.25) is 0 Å². The molecule has 0 aliphatic carbocycles. The van der Waals surface area contributed by atoms with Crippen LogP contribution in [0.4, 0.5) is 0 Å². The summed E-state index contributed by atoms with van der Waals surface area (Å²) in [6.07, 6.45) is 6.32. The lowest BCUT2D eigenvalue weighted by Crippen LogP contribution is -2.13. The fraction of sp³-hybridized carbons (Fsp3) is 0.333. The number of nitrogens with two attached hydrogens (primary N) is 1. The fourth-order valence-electron chi connectivity index (χ4n) is 2.22. The number of hydrogen-bond acceptors (Lipinski definition) is 1. The summed E-state index contributed by atoms with van der Waals surface area (Å²) < 4.78 is 0. The largest absolute Gasteiger partial charge is 0.367 e. The number of aromatic nitrogens is 1. The molecule has 0 amide bonds. The summed E-state index contributed by atoms with van der Waals surface area (Å²) in [5, 5.41) is 0. The van der Waals surface area contributed by atoms with Crippen LogP contribution in [0, 0.1) is 0 Å². The Labute approximate surface area is 103 Å². The maximum Gasteiger partial charge on any atom is 0.0227 e. The van der Waals surface area contributed by atoms with E-state index in [4.69, 9.17) is 5.73 Å². The Morgan fingerprint density at radius 3 is 2.41 bits per heavy atom. The molecular formula is C15H20N2. The minimum absolute atomic E-state index is 0.303. The molecule has 0 aliphatic heterocycles. The van der Waals surface area contributed by atoms with Crippen LogP contribution in [0.5, 0.6) is 0 Å². The van der Waals surface area contributed by atoms with Crippen molar-refractivity contribution in [3.8, 4) is 0 Å². The molecule has 17 heavy (non-hydrogen) atoms. The molecule has 0 fully saturated rings. The molecule has 2 heteroatoms. The number of hydrogen-bond donors (Lipinski definition) is 2. The Morgan fingerprint density at radius 2 is 1.88 bits per heavy atom. The molecular weight excluding hydrogens is 208 g/mol. The van der Waals surface area contributed by atoms with Gasteiger partial charge in [0.2, 0.25) is 0 Å². The summed E-state index contributed by atoms with van der Waals surface area (Å²) in [6.45, 7) is 2.85. The number of rotatable bonds is 5. The Kier molecular flexibility index (Phi) is 3.99. The number of H-pyrrole nitrogens is 1. The van der Waals surface area contributed by atoms with Gasteiger partial charge in [-0.15, -0.1) is 0 Å². The molecule has 2 rings (SSSR count). The van der Waals surface area contributed by atoms with Crippen LogP contribution < -0.4 is 5.73 Å². The molecule has 0 bridgehead atoms. The molecule has 1 aromatic heterocycles. The van der Waals surface area contributed by atoms with Gasteiger partial charge in [0.05, 0.1) is 0 Å². The lowest BCUT2D eigenvalue weighted by molar-refractivity contribution is 0.818. The van der Waals surface area contributed by atoms with Gasteiger partial charge in [-0.3, -0.25) is 0 Å². The van der Waals surface area contributed by atoms with Crippen LogP contribution in [0.1, 0.15) is 36.0 Å². The summed E-state index contributed by atoms with van der Waals surface area (Å²) in [5.74, 6) is 0.303. The highest BCUT2D eigenvalue weighted by Crippen LogP contribution is 2.23. The molecule has 2 aromatic rings. The zero-order valence-electron chi connectivity index (χ0n) is 10.3. The molecule has 0 saturated carbocycles. The quantitative estimate of drug-likeness (QED) is 0.811. The third kappa shape index (κ3) is 2.77. The lowest BCUT2D eigenvalue weighted by Gasteiger charge is -2.14. The summed E-state index contributed by atoms with van der Waals surface area (Å²) in [5.41, 5.74) is 9.84. The first-order valence-corrected chi connectivity index (χ1v) is 6.26. The Balaban J connectivity index is 2.20. The van der Waals surface area contributed by atoms with E-state index in [9.17, 15) is 0 Å². The second-order valence-electron chi connectivity index (χ2n) is 4.42. The van der Waals surface area contributed by atoms with Gasteiger partial charge in [0.15, 0.2) is 0 Å². The van der Waals surface area contributed by atoms with E-state index in [-0.39, 0.29) is 0 Å². The molecule has 0 spiro atoms. The molecule has 3 N–H and O–H groups in total. The van der Waals surface area contributed by atoms with Crippen LogP contribution >= 0.6 is 0 Å². The van der Waals surface area contributed by atoms with Crippen molar-refractivity contribution < 1.29 is 0 Å². The van der Waals surface area contributed by atoms with E-state index in [0.717, 1.165) is 6.42 Å². The van der Waals surface area contributed by atoms with Gasteiger partial charge in [-0.2, -0.15) is 0 Å². The SMILES string of the molecule is CCCc1ccc(C(CN)c2cc[nH]c2)cc1. The topological polar surface area (TPSA) is 41.8 Å². The minimum atomic E-state index is 0.303. The number of nitrogens with one attached hydrogen (secondary N) is 1. The first kappa shape index (κ1) is 11.9. The highest BCUT2D eigenvalue weighted by molar-refractivity contribution is 5.33. The standard InChI is InChI=1S/C15H20N2/c1-2-3-12-4-6-13(7-5-12)15(10-16)14-8-9-17-11-14/h4-9,11,15,17H,2-3,10,16H2,1H3. The average Bonchev–Trinajstić information content (AvgIpc) is 2.86. The van der Waals surface area contributed by atoms with Crippen LogP contribution in [0.3, 0.4) is 0 Å². The highest BCUT2D eigenvalue weighted by Gasteiger charge is 2.12. The second-order valence-corrected chi connectivity index (χ2v) is 4.42. The number of aryl methyl sites for hydroxylation is 1. The van der Waals surface area contributed by atoms with Gasteiger partial charge in [-0.05, 0) is 29.2 Å². The van der Waals surface area contributed by atoms with Gasteiger partial charge >= 0.3 is 0 Å². The van der Waals surface area contributed by atoms with Crippen molar-refractivity contribution >= 4 is 0 Å². The van der Waals surface area contributed by atoms with Gasteiger partial charge in [0.1, 0.15) is 0 Å². The molecule has 1 aromatic carbocycles. The third-order valence-electron chi connectivity index (χ3n) is 3.18. The smallest absolute Gasteiger partial charge is 0.0227 e. The lowest BCUT2D eigenvalue weighted by atomic mass is 9.92. The van der Waals surface area contributed by atoms with E-state index >= 15 is 0 Å². The summed E-state index contributed by atoms with van der Waals surface area (Å²) >= 11 is 0. The first-order chi connectivity index (χ1) is 8.35. The van der Waals surface area contributed by atoms with Crippen LogP contribution in [-0.2, 0) is 6.42 Å². The predicted molar refractivity (Wildman–Crippen MR) is 72.1 cm³/mol. The van der Waals surface area contributed by atoms with E-state index in [1.165, 1.54) is 23.1 Å². The zero-order valence-corrected chi connectivity index (χ0v) is 10.3. The molecule has 0 saturated heterocycles. The molecule has 1 heterocycles. The Bertz CT molecular complexity index is 428. The van der Waals surface area contributed by atoms with E-state index in [2.05, 4.69) is 42.2 Å². The van der Waals surface area contributed by atoms with Crippen molar-refractivity contribution in [1.82, 2.24) is 4.98 Å². The molecule has 2 nitrogen and oxygen atoms in total. The van der Waals surface area contributed by atoms with Crippen molar-refractivity contribution in [2.45, 2.75) is 25.7 Å². The minimum Gasteiger partial charge on any atom is -0.367 e. The van der Waals surface area contributed by atoms with Crippen LogP contribution in [0.25, 0.3) is 0 Å². The van der Waals surface area contributed by atoms with Gasteiger partial charge in [0, 0.05) is 24.9 Å². The van der Waals surface area contributed by atoms with Crippen LogP contribution in [0.15, 0.2) is 42.7 Å². The molecule has 1 atom stereocenters. The molecule has 1 unspecified atom stereocenters. The average molecular weight is 228 g/mol. The summed E-state index contributed by atoms with van der Waals surface area (Å²) in [7, 11) is 0. The fourth-order valence-corrected chi connectivity index (χ4v) is 2.22. The zero-order chi connectivity index (χ0) is 12.1. The van der Waals surface area contributed by atoms with Gasteiger partial charge < -0.3 is 10.7 Å². The maximum absolute atomic E-state index is 5.88. The van der Waals surface area contributed by atoms with E-state index in [1.807, 2.05) is 12.4 Å². The normalized spacial score (nSPS) is 12.6. The second kappa shape index (κ2) is 5.69. The van der Waals surface area contributed by atoms with Gasteiger partial charge in [0.25, 0.3) is 0 Å². The number of benzene rings is 1. The van der Waals surface area contributed by atoms with Gasteiger partial charge in [-0.1, -0.05) is 37.6 Å². The monoisotopic (exact) mass is 228 g/mol. The van der Waals surface area contributed by atoms with E-state index in [0.29, 0.717) is 12.5 Å². The van der Waals surface area contributed by atoms with E-state index < -0.39 is 0 Å². The van der Waals surface area contributed by atoms with E-state index in [1.54, 1.807) is 0 Å². The van der Waals surface area contributed by atoms with Crippen molar-refractivity contribution in [2.75, 3.05) is 6.54 Å². The molecule has 0 aliphatic rings. The predicted octanol–water partition coefficient (Wildman–Crippen LogP) is 3.06. The summed E-state index contributed by atoms with van der Waals surface area (Å²) in [6, 6.07) is 10.9. The third-order valence-corrected chi connectivity index (χ3v) is 3.18. The molecule has 0 radical (unpaired) electrons. The number of aromatic amines is 1. The van der Waals surface area contributed by atoms with Crippen molar-refractivity contribution in [1.29, 1.82) is 0 Å².